The Hall–Kier alpha value is -1.58. The lowest BCUT2D eigenvalue weighted by atomic mass is 10.2. The van der Waals surface area contributed by atoms with Gasteiger partial charge in [-0.05, 0) is 18.2 Å². The number of nitrogens with zero attached hydrogens (tertiary/aromatic N) is 1. The van der Waals surface area contributed by atoms with Crippen molar-refractivity contribution in [2.45, 2.75) is 0 Å². The Morgan fingerprint density at radius 1 is 1.23 bits per heavy atom. The van der Waals surface area contributed by atoms with E-state index in [-0.39, 0.29) is 17.9 Å². The number of sulfonamides is 1. The minimum Gasteiger partial charge on any atom is -0.351 e. The standard InChI is InChI=1S/C13H17F2N3O3S/c14-11-2-1-10(9-12(11)15)13(19)17-5-8-22(20,21)18-6-3-16-4-7-18/h1-2,9,16H,3-8H2,(H,17,19). The van der Waals surface area contributed by atoms with Gasteiger partial charge in [0, 0.05) is 38.3 Å². The molecule has 2 rings (SSSR count). The third-order valence-corrected chi connectivity index (χ3v) is 5.17. The Morgan fingerprint density at radius 3 is 2.55 bits per heavy atom. The minimum absolute atomic E-state index is 0.0570. The first kappa shape index (κ1) is 16.8. The van der Waals surface area contributed by atoms with Crippen LogP contribution in [-0.4, -0.2) is 57.1 Å². The van der Waals surface area contributed by atoms with E-state index in [4.69, 9.17) is 0 Å². The van der Waals surface area contributed by atoms with Crippen LogP contribution in [0.15, 0.2) is 18.2 Å². The molecule has 0 aliphatic carbocycles. The van der Waals surface area contributed by atoms with Crippen molar-refractivity contribution in [2.75, 3.05) is 38.5 Å². The van der Waals surface area contributed by atoms with Crippen LogP contribution in [-0.2, 0) is 10.0 Å². The molecule has 2 N–H and O–H groups in total. The summed E-state index contributed by atoms with van der Waals surface area (Å²) in [5.41, 5.74) is -0.0570. The summed E-state index contributed by atoms with van der Waals surface area (Å²) in [5, 5.41) is 5.44. The number of carbonyl (C=O) groups is 1. The van der Waals surface area contributed by atoms with Crippen LogP contribution < -0.4 is 10.6 Å². The molecule has 0 saturated carbocycles. The topological polar surface area (TPSA) is 78.5 Å². The number of rotatable bonds is 5. The molecule has 1 aromatic carbocycles. The van der Waals surface area contributed by atoms with E-state index in [1.54, 1.807) is 0 Å². The lowest BCUT2D eigenvalue weighted by Gasteiger charge is -2.26. The molecule has 1 amide bonds. The van der Waals surface area contributed by atoms with E-state index in [0.29, 0.717) is 26.2 Å². The van der Waals surface area contributed by atoms with Crippen molar-refractivity contribution in [1.29, 1.82) is 0 Å². The molecule has 0 aromatic heterocycles. The van der Waals surface area contributed by atoms with Crippen molar-refractivity contribution in [3.8, 4) is 0 Å². The van der Waals surface area contributed by atoms with Gasteiger partial charge in [0.05, 0.1) is 5.75 Å². The first-order valence-electron chi connectivity index (χ1n) is 6.82. The Labute approximate surface area is 127 Å². The zero-order valence-corrected chi connectivity index (χ0v) is 12.6. The van der Waals surface area contributed by atoms with Crippen LogP contribution in [0.4, 0.5) is 8.78 Å². The molecule has 6 nitrogen and oxygen atoms in total. The first-order valence-corrected chi connectivity index (χ1v) is 8.43. The normalized spacial score (nSPS) is 16.5. The highest BCUT2D eigenvalue weighted by Crippen LogP contribution is 2.08. The summed E-state index contributed by atoms with van der Waals surface area (Å²) in [4.78, 5) is 11.8. The van der Waals surface area contributed by atoms with Crippen molar-refractivity contribution >= 4 is 15.9 Å². The van der Waals surface area contributed by atoms with Gasteiger partial charge in [-0.1, -0.05) is 0 Å². The molecule has 1 fully saturated rings. The Balaban J connectivity index is 1.87. The monoisotopic (exact) mass is 333 g/mol. The maximum absolute atomic E-state index is 13.0. The number of amides is 1. The molecule has 9 heteroatoms. The predicted molar refractivity (Wildman–Crippen MR) is 76.9 cm³/mol. The first-order chi connectivity index (χ1) is 10.4. The zero-order chi connectivity index (χ0) is 16.2. The van der Waals surface area contributed by atoms with E-state index in [0.717, 1.165) is 18.2 Å². The smallest absolute Gasteiger partial charge is 0.251 e. The van der Waals surface area contributed by atoms with Gasteiger partial charge in [-0.3, -0.25) is 4.79 Å². The van der Waals surface area contributed by atoms with Crippen LogP contribution in [0.3, 0.4) is 0 Å². The SMILES string of the molecule is O=C(NCCS(=O)(=O)N1CCNCC1)c1ccc(F)c(F)c1. The minimum atomic E-state index is -3.43. The lowest BCUT2D eigenvalue weighted by Crippen LogP contribution is -2.48. The highest BCUT2D eigenvalue weighted by atomic mass is 32.2. The number of carbonyl (C=O) groups excluding carboxylic acids is 1. The summed E-state index contributed by atoms with van der Waals surface area (Å²) in [7, 11) is -3.43. The van der Waals surface area contributed by atoms with Crippen LogP contribution in [0, 0.1) is 11.6 Å². The number of hydrogen-bond donors (Lipinski definition) is 2. The van der Waals surface area contributed by atoms with Gasteiger partial charge >= 0.3 is 0 Å². The van der Waals surface area contributed by atoms with Gasteiger partial charge in [0.25, 0.3) is 5.91 Å². The molecule has 0 unspecified atom stereocenters. The van der Waals surface area contributed by atoms with Crippen molar-refractivity contribution in [3.05, 3.63) is 35.4 Å². The van der Waals surface area contributed by atoms with Crippen molar-refractivity contribution in [1.82, 2.24) is 14.9 Å². The summed E-state index contributed by atoms with van der Waals surface area (Å²) in [6.07, 6.45) is 0. The fourth-order valence-corrected chi connectivity index (χ4v) is 3.44. The number of nitrogens with one attached hydrogen (secondary N) is 2. The second-order valence-electron chi connectivity index (χ2n) is 4.85. The van der Waals surface area contributed by atoms with Gasteiger partial charge in [0.2, 0.25) is 10.0 Å². The van der Waals surface area contributed by atoms with Gasteiger partial charge in [0.15, 0.2) is 11.6 Å². The van der Waals surface area contributed by atoms with Gasteiger partial charge in [-0.25, -0.2) is 17.2 Å². The summed E-state index contributed by atoms with van der Waals surface area (Å²) in [6, 6.07) is 2.76. The number of benzene rings is 1. The fourth-order valence-electron chi connectivity index (χ4n) is 2.08. The Kier molecular flexibility index (Phi) is 5.43. The van der Waals surface area contributed by atoms with E-state index in [1.165, 1.54) is 4.31 Å². The molecule has 22 heavy (non-hydrogen) atoms. The van der Waals surface area contributed by atoms with Crippen molar-refractivity contribution < 1.29 is 22.0 Å². The number of hydrogen-bond acceptors (Lipinski definition) is 4. The average molecular weight is 333 g/mol. The van der Waals surface area contributed by atoms with Crippen LogP contribution in [0.25, 0.3) is 0 Å². The van der Waals surface area contributed by atoms with Gasteiger partial charge in [0.1, 0.15) is 0 Å². The molecule has 1 saturated heterocycles. The van der Waals surface area contributed by atoms with Gasteiger partial charge in [-0.2, -0.15) is 4.31 Å². The van der Waals surface area contributed by atoms with E-state index in [1.807, 2.05) is 0 Å². The molecular formula is C13H17F2N3O3S. The number of piperazine rings is 1. The van der Waals surface area contributed by atoms with E-state index in [9.17, 15) is 22.0 Å². The molecule has 0 bridgehead atoms. The van der Waals surface area contributed by atoms with E-state index in [2.05, 4.69) is 10.6 Å². The number of halogens is 2. The van der Waals surface area contributed by atoms with Crippen LogP contribution in [0.2, 0.25) is 0 Å². The van der Waals surface area contributed by atoms with Crippen LogP contribution in [0.5, 0.6) is 0 Å². The molecule has 122 valence electrons. The molecule has 0 atom stereocenters. The molecule has 1 aromatic rings. The molecule has 1 heterocycles. The summed E-state index contributed by atoms with van der Waals surface area (Å²) < 4.78 is 51.3. The molecule has 0 radical (unpaired) electrons. The molecule has 1 aliphatic rings. The highest BCUT2D eigenvalue weighted by molar-refractivity contribution is 7.89. The van der Waals surface area contributed by atoms with Gasteiger partial charge < -0.3 is 10.6 Å². The van der Waals surface area contributed by atoms with Gasteiger partial charge in [-0.15, -0.1) is 0 Å². The fraction of sp³-hybridized carbons (Fsp3) is 0.462. The molecule has 0 spiro atoms. The maximum Gasteiger partial charge on any atom is 0.251 e. The van der Waals surface area contributed by atoms with Crippen molar-refractivity contribution in [2.24, 2.45) is 0 Å². The summed E-state index contributed by atoms with van der Waals surface area (Å²) in [6.45, 7) is 1.91. The second-order valence-corrected chi connectivity index (χ2v) is 6.94. The van der Waals surface area contributed by atoms with E-state index < -0.39 is 27.6 Å². The van der Waals surface area contributed by atoms with Crippen LogP contribution in [0.1, 0.15) is 10.4 Å². The predicted octanol–water partition coefficient (Wildman–Crippen LogP) is -0.0704. The van der Waals surface area contributed by atoms with E-state index >= 15 is 0 Å². The summed E-state index contributed by atoms with van der Waals surface area (Å²) >= 11 is 0. The third kappa shape index (κ3) is 4.21. The third-order valence-electron chi connectivity index (χ3n) is 3.30. The molecule has 1 aliphatic heterocycles. The molecular weight excluding hydrogens is 316 g/mol. The maximum atomic E-state index is 13.0. The quantitative estimate of drug-likeness (QED) is 0.791. The zero-order valence-electron chi connectivity index (χ0n) is 11.8. The highest BCUT2D eigenvalue weighted by Gasteiger charge is 2.23. The largest absolute Gasteiger partial charge is 0.351 e. The Bertz CT molecular complexity index is 646. The van der Waals surface area contributed by atoms with Crippen LogP contribution >= 0.6 is 0 Å². The second kappa shape index (κ2) is 7.12. The Morgan fingerprint density at radius 2 is 1.91 bits per heavy atom. The lowest BCUT2D eigenvalue weighted by molar-refractivity contribution is 0.0955. The van der Waals surface area contributed by atoms with Crippen molar-refractivity contribution in [3.63, 3.8) is 0 Å². The average Bonchev–Trinajstić information content (AvgIpc) is 2.50. The summed E-state index contributed by atoms with van der Waals surface area (Å²) in [5.74, 6) is -3.05.